The van der Waals surface area contributed by atoms with Crippen molar-refractivity contribution in [1.29, 1.82) is 0 Å². The lowest BCUT2D eigenvalue weighted by molar-refractivity contribution is 0.368. The highest BCUT2D eigenvalue weighted by molar-refractivity contribution is 9.07. The van der Waals surface area contributed by atoms with E-state index in [2.05, 4.69) is 34.2 Å². The molecule has 0 bridgehead atoms. The molecule has 0 saturated carbocycles. The molecular formula is C5H9BrN2. The second kappa shape index (κ2) is 2.40. The van der Waals surface area contributed by atoms with Crippen molar-refractivity contribution in [2.45, 2.75) is 6.92 Å². The SMILES string of the molecule is CCN1C=CN(Br)C1. The second-order valence-electron chi connectivity index (χ2n) is 1.74. The van der Waals surface area contributed by atoms with Gasteiger partial charge in [0.2, 0.25) is 0 Å². The van der Waals surface area contributed by atoms with Gasteiger partial charge < -0.3 is 4.90 Å². The molecular weight excluding hydrogens is 168 g/mol. The van der Waals surface area contributed by atoms with Crippen molar-refractivity contribution < 1.29 is 0 Å². The molecule has 0 aromatic rings. The van der Waals surface area contributed by atoms with Gasteiger partial charge in [-0.1, -0.05) is 0 Å². The molecule has 1 aliphatic heterocycles. The summed E-state index contributed by atoms with van der Waals surface area (Å²) in [5.41, 5.74) is 0. The van der Waals surface area contributed by atoms with Gasteiger partial charge in [0.1, 0.15) is 6.67 Å². The summed E-state index contributed by atoms with van der Waals surface area (Å²) >= 11 is 3.32. The van der Waals surface area contributed by atoms with E-state index in [1.807, 2.05) is 10.1 Å². The average molecular weight is 177 g/mol. The highest BCUT2D eigenvalue weighted by Crippen LogP contribution is 2.08. The first-order valence-corrected chi connectivity index (χ1v) is 3.38. The predicted octanol–water partition coefficient (Wildman–Crippen LogP) is 1.36. The molecule has 0 aromatic heterocycles. The maximum atomic E-state index is 3.32. The fourth-order valence-corrected chi connectivity index (χ4v) is 1.03. The zero-order chi connectivity index (χ0) is 5.98. The molecule has 0 atom stereocenters. The number of nitrogens with zero attached hydrogens (tertiary/aromatic N) is 2. The average Bonchev–Trinajstić information content (AvgIpc) is 2.14. The molecule has 1 rings (SSSR count). The maximum absolute atomic E-state index is 3.32. The van der Waals surface area contributed by atoms with E-state index >= 15 is 0 Å². The third-order valence-electron chi connectivity index (χ3n) is 1.16. The highest BCUT2D eigenvalue weighted by atomic mass is 79.9. The Morgan fingerprint density at radius 2 is 2.38 bits per heavy atom. The van der Waals surface area contributed by atoms with Gasteiger partial charge in [-0.2, -0.15) is 0 Å². The van der Waals surface area contributed by atoms with Crippen molar-refractivity contribution in [3.05, 3.63) is 12.4 Å². The van der Waals surface area contributed by atoms with Gasteiger partial charge in [-0.3, -0.25) is 3.93 Å². The molecule has 2 nitrogen and oxygen atoms in total. The lowest BCUT2D eigenvalue weighted by Gasteiger charge is -2.12. The monoisotopic (exact) mass is 176 g/mol. The summed E-state index contributed by atoms with van der Waals surface area (Å²) in [5.74, 6) is 0. The van der Waals surface area contributed by atoms with Crippen molar-refractivity contribution in [2.75, 3.05) is 13.2 Å². The Kier molecular flexibility index (Phi) is 1.78. The third-order valence-corrected chi connectivity index (χ3v) is 1.62. The minimum Gasteiger partial charge on any atom is -0.358 e. The van der Waals surface area contributed by atoms with E-state index in [9.17, 15) is 0 Å². The Bertz CT molecular complexity index is 103. The van der Waals surface area contributed by atoms with E-state index in [0.29, 0.717) is 0 Å². The minimum absolute atomic E-state index is 0.969. The van der Waals surface area contributed by atoms with Crippen LogP contribution in [-0.4, -0.2) is 22.0 Å². The maximum Gasteiger partial charge on any atom is 0.100 e. The van der Waals surface area contributed by atoms with Crippen molar-refractivity contribution in [2.24, 2.45) is 0 Å². The molecule has 0 radical (unpaired) electrons. The summed E-state index contributed by atoms with van der Waals surface area (Å²) in [4.78, 5) is 2.20. The topological polar surface area (TPSA) is 6.48 Å². The van der Waals surface area contributed by atoms with Crippen LogP contribution in [0.1, 0.15) is 6.92 Å². The van der Waals surface area contributed by atoms with E-state index in [1.54, 1.807) is 0 Å². The van der Waals surface area contributed by atoms with Crippen LogP contribution in [0.4, 0.5) is 0 Å². The largest absolute Gasteiger partial charge is 0.358 e. The zero-order valence-corrected chi connectivity index (χ0v) is 6.43. The molecule has 1 aliphatic rings. The van der Waals surface area contributed by atoms with Crippen molar-refractivity contribution in [1.82, 2.24) is 8.83 Å². The summed E-state index contributed by atoms with van der Waals surface area (Å²) in [6.07, 6.45) is 4.07. The number of hydrogen-bond acceptors (Lipinski definition) is 2. The van der Waals surface area contributed by atoms with Gasteiger partial charge in [-0.05, 0) is 6.92 Å². The first kappa shape index (κ1) is 5.95. The van der Waals surface area contributed by atoms with Crippen LogP contribution >= 0.6 is 16.1 Å². The van der Waals surface area contributed by atoms with E-state index in [-0.39, 0.29) is 0 Å². The van der Waals surface area contributed by atoms with Crippen LogP contribution in [-0.2, 0) is 0 Å². The first-order chi connectivity index (χ1) is 3.83. The van der Waals surface area contributed by atoms with Gasteiger partial charge >= 0.3 is 0 Å². The molecule has 0 fully saturated rings. The van der Waals surface area contributed by atoms with Gasteiger partial charge in [0.25, 0.3) is 0 Å². The van der Waals surface area contributed by atoms with E-state index in [1.165, 1.54) is 0 Å². The molecule has 0 amide bonds. The zero-order valence-electron chi connectivity index (χ0n) is 4.84. The van der Waals surface area contributed by atoms with Crippen LogP contribution in [0.2, 0.25) is 0 Å². The van der Waals surface area contributed by atoms with Gasteiger partial charge in [0.05, 0.1) is 16.1 Å². The molecule has 1 heterocycles. The molecule has 8 heavy (non-hydrogen) atoms. The molecule has 0 saturated heterocycles. The highest BCUT2D eigenvalue weighted by Gasteiger charge is 2.05. The van der Waals surface area contributed by atoms with Crippen LogP contribution in [0.25, 0.3) is 0 Å². The fourth-order valence-electron chi connectivity index (χ4n) is 0.640. The lowest BCUT2D eigenvalue weighted by atomic mass is 10.6. The molecule has 0 spiro atoms. The number of rotatable bonds is 1. The normalized spacial score (nSPS) is 18.2. The van der Waals surface area contributed by atoms with Gasteiger partial charge in [-0.15, -0.1) is 0 Å². The Morgan fingerprint density at radius 3 is 2.62 bits per heavy atom. The Balaban J connectivity index is 2.34. The summed E-state index contributed by atoms with van der Waals surface area (Å²) in [6, 6.07) is 0. The molecule has 46 valence electrons. The van der Waals surface area contributed by atoms with Crippen molar-refractivity contribution in [3.63, 3.8) is 0 Å². The van der Waals surface area contributed by atoms with E-state index < -0.39 is 0 Å². The van der Waals surface area contributed by atoms with Crippen LogP contribution in [0.15, 0.2) is 12.4 Å². The van der Waals surface area contributed by atoms with E-state index in [4.69, 9.17) is 0 Å². The Labute approximate surface area is 58.1 Å². The summed E-state index contributed by atoms with van der Waals surface area (Å²) < 4.78 is 1.97. The summed E-state index contributed by atoms with van der Waals surface area (Å²) in [7, 11) is 0. The quantitative estimate of drug-likeness (QED) is 0.558. The lowest BCUT2D eigenvalue weighted by Crippen LogP contribution is -2.18. The standard InChI is InChI=1S/C5H9BrN2/c1-2-7-3-4-8(6)5-7/h3-4H,2,5H2,1H3. The minimum atomic E-state index is 0.969. The van der Waals surface area contributed by atoms with E-state index in [0.717, 1.165) is 13.2 Å². The molecule has 0 N–H and O–H groups in total. The number of halogens is 1. The Hall–Kier alpha value is -0.180. The second-order valence-corrected chi connectivity index (χ2v) is 2.66. The van der Waals surface area contributed by atoms with Crippen LogP contribution in [0, 0.1) is 0 Å². The summed E-state index contributed by atoms with van der Waals surface area (Å²) in [5, 5.41) is 0. The van der Waals surface area contributed by atoms with Crippen molar-refractivity contribution in [3.8, 4) is 0 Å². The third kappa shape index (κ3) is 1.15. The molecule has 0 aromatic carbocycles. The van der Waals surface area contributed by atoms with Gasteiger partial charge in [0, 0.05) is 18.9 Å². The van der Waals surface area contributed by atoms with Crippen LogP contribution in [0.5, 0.6) is 0 Å². The molecule has 0 unspecified atom stereocenters. The van der Waals surface area contributed by atoms with Gasteiger partial charge in [-0.25, -0.2) is 0 Å². The smallest absolute Gasteiger partial charge is 0.100 e. The van der Waals surface area contributed by atoms with Crippen molar-refractivity contribution >= 4 is 16.1 Å². The Morgan fingerprint density at radius 1 is 1.62 bits per heavy atom. The summed E-state index contributed by atoms with van der Waals surface area (Å²) in [6.45, 7) is 4.19. The number of hydrogen-bond donors (Lipinski definition) is 0. The molecule has 0 aliphatic carbocycles. The first-order valence-electron chi connectivity index (χ1n) is 2.67. The van der Waals surface area contributed by atoms with Crippen LogP contribution < -0.4 is 0 Å². The van der Waals surface area contributed by atoms with Crippen LogP contribution in [0.3, 0.4) is 0 Å². The fraction of sp³-hybridized carbons (Fsp3) is 0.600. The molecule has 3 heteroatoms. The predicted molar refractivity (Wildman–Crippen MR) is 37.2 cm³/mol. The van der Waals surface area contributed by atoms with Gasteiger partial charge in [0.15, 0.2) is 0 Å².